The van der Waals surface area contributed by atoms with Crippen LogP contribution in [0.3, 0.4) is 0 Å². The van der Waals surface area contributed by atoms with Crippen molar-refractivity contribution in [3.63, 3.8) is 0 Å². The van der Waals surface area contributed by atoms with Gasteiger partial charge in [-0.15, -0.1) is 10.2 Å². The van der Waals surface area contributed by atoms with E-state index in [4.69, 9.17) is 55.7 Å². The molecular weight excluding hydrogens is 1440 g/mol. The fourth-order valence-corrected chi connectivity index (χ4v) is 13.2. The maximum absolute atomic E-state index is 14.9. The highest BCUT2D eigenvalue weighted by Gasteiger charge is 2.26. The van der Waals surface area contributed by atoms with Gasteiger partial charge in [0.05, 0.1) is 82.1 Å². The summed E-state index contributed by atoms with van der Waals surface area (Å²) in [5.41, 5.74) is 15.1. The lowest BCUT2D eigenvalue weighted by Gasteiger charge is -2.16. The number of carbonyl (C=O) groups excluding carboxylic acids is 1. The number of unbranched alkanes of at least 4 members (excludes halogenated alkanes) is 3. The van der Waals surface area contributed by atoms with Crippen LogP contribution >= 0.6 is 0 Å². The van der Waals surface area contributed by atoms with Gasteiger partial charge in [0.2, 0.25) is 17.7 Å². The van der Waals surface area contributed by atoms with Gasteiger partial charge in [-0.05, 0) is 259 Å². The lowest BCUT2D eigenvalue weighted by Crippen LogP contribution is -2.25. The van der Waals surface area contributed by atoms with Crippen molar-refractivity contribution in [3.05, 3.63) is 198 Å². The van der Waals surface area contributed by atoms with E-state index < -0.39 is 17.9 Å². The highest BCUT2D eigenvalue weighted by Crippen LogP contribution is 2.41. The normalized spacial score (nSPS) is 13.0. The van der Waals surface area contributed by atoms with E-state index in [0.717, 1.165) is 119 Å². The number of rotatable bonds is 30. The minimum Gasteiger partial charge on any atom is -0.496 e. The average molecular weight is 1530 g/mol. The lowest BCUT2D eigenvalue weighted by molar-refractivity contribution is 0.158. The minimum atomic E-state index is -0.788. The number of allylic oxidation sites excluding steroid dienone is 3. The van der Waals surface area contributed by atoms with Gasteiger partial charge in [0.1, 0.15) is 45.2 Å². The van der Waals surface area contributed by atoms with Crippen molar-refractivity contribution in [2.75, 3.05) is 83.7 Å². The number of carbonyl (C=O) groups is 1. The van der Waals surface area contributed by atoms with Gasteiger partial charge in [0.15, 0.2) is 22.6 Å². The minimum absolute atomic E-state index is 0.186. The zero-order valence-electron chi connectivity index (χ0n) is 65.0. The SMILES string of the molecule is CO/N=C(\F)c1cc(/C(=C\CCCN2CCOC2=O)c2cc(C)c3onc(OC)c3c2)cc(C)c1OC.CO/N=C(\F)c1cc(/C(=C\CCCc2nc(C)no2)c2cc(C)c3onc(OC)c3c2)cc(C)c1OC.CO/N=C(\F)c1cc(/C(=C\CCCc2nnc(C)o2)c2cc(C)c3onc(OC)c3c2)cc(C)c1OC. The van der Waals surface area contributed by atoms with E-state index in [1.165, 1.54) is 49.8 Å². The Kier molecular flexibility index (Phi) is 27.4. The molecule has 0 radical (unpaired) electrons. The first-order chi connectivity index (χ1) is 53.6. The number of halogens is 3. The van der Waals surface area contributed by atoms with Crippen molar-refractivity contribution >= 4 is 73.6 Å². The smallest absolute Gasteiger partial charge is 0.409 e. The van der Waals surface area contributed by atoms with E-state index >= 15 is 0 Å². The van der Waals surface area contributed by atoms with E-state index in [-0.39, 0.29) is 22.8 Å². The van der Waals surface area contributed by atoms with Crippen LogP contribution in [0.2, 0.25) is 0 Å². The van der Waals surface area contributed by atoms with Crippen molar-refractivity contribution in [2.45, 2.75) is 107 Å². The molecule has 5 aromatic heterocycles. The molecule has 584 valence electrons. The summed E-state index contributed by atoms with van der Waals surface area (Å²) in [5, 5.41) is 36.5. The van der Waals surface area contributed by atoms with E-state index in [1.807, 2.05) is 96.1 Å². The Morgan fingerprint density at radius 2 is 0.802 bits per heavy atom. The Hall–Kier alpha value is -12.5. The number of amides is 1. The third kappa shape index (κ3) is 19.0. The van der Waals surface area contributed by atoms with Crippen LogP contribution < -0.4 is 28.4 Å². The maximum atomic E-state index is 14.9. The van der Waals surface area contributed by atoms with Crippen molar-refractivity contribution in [3.8, 4) is 34.9 Å². The quantitative estimate of drug-likeness (QED) is 0.0229. The number of ether oxygens (including phenoxy) is 7. The van der Waals surface area contributed by atoms with Gasteiger partial charge in [-0.3, -0.25) is 0 Å². The number of nitrogens with zero attached hydrogens (tertiary/aromatic N) is 11. The molecule has 6 heterocycles. The van der Waals surface area contributed by atoms with Crippen LogP contribution in [0.5, 0.6) is 34.9 Å². The molecule has 0 unspecified atom stereocenters. The second-order valence-electron chi connectivity index (χ2n) is 25.7. The number of methoxy groups -OCH3 is 6. The Balaban J connectivity index is 0.000000177. The molecule has 27 nitrogen and oxygen atoms in total. The summed E-state index contributed by atoms with van der Waals surface area (Å²) in [5.74, 6) is 2.34. The number of oxime groups is 3. The molecule has 0 bridgehead atoms. The summed E-state index contributed by atoms with van der Waals surface area (Å²) in [6.45, 7) is 16.5. The van der Waals surface area contributed by atoms with Crippen LogP contribution in [0, 0.1) is 55.4 Å². The fraction of sp³-hybridized carbons (Fsp3) is 0.346. The van der Waals surface area contributed by atoms with Crippen molar-refractivity contribution in [1.82, 2.24) is 40.7 Å². The third-order valence-electron chi connectivity index (χ3n) is 18.1. The largest absolute Gasteiger partial charge is 0.496 e. The van der Waals surface area contributed by atoms with Crippen LogP contribution in [-0.2, 0) is 32.1 Å². The number of aromatic nitrogens is 7. The van der Waals surface area contributed by atoms with Crippen molar-refractivity contribution < 1.29 is 88.1 Å². The Morgan fingerprint density at radius 1 is 0.441 bits per heavy atom. The highest BCUT2D eigenvalue weighted by molar-refractivity contribution is 6.01. The first-order valence-electron chi connectivity index (χ1n) is 35.4. The summed E-state index contributed by atoms with van der Waals surface area (Å²) in [7, 11) is 13.0. The number of aryl methyl sites for hydroxylation is 10. The van der Waals surface area contributed by atoms with Gasteiger partial charge in [-0.25, -0.2) is 4.79 Å². The Morgan fingerprint density at radius 3 is 1.12 bits per heavy atom. The monoisotopic (exact) mass is 1530 g/mol. The second-order valence-corrected chi connectivity index (χ2v) is 25.7. The van der Waals surface area contributed by atoms with Gasteiger partial charge >= 0.3 is 6.09 Å². The molecule has 1 fully saturated rings. The van der Waals surface area contributed by atoms with E-state index in [1.54, 1.807) is 51.2 Å². The fourth-order valence-electron chi connectivity index (χ4n) is 13.2. The molecular formula is C81H88F3N11O16. The van der Waals surface area contributed by atoms with E-state index in [2.05, 4.69) is 84.0 Å². The first kappa shape index (κ1) is 81.0. The average Bonchev–Trinajstić information content (AvgIpc) is 1.76. The summed E-state index contributed by atoms with van der Waals surface area (Å²) < 4.78 is 109. The molecule has 1 aliphatic rings. The summed E-state index contributed by atoms with van der Waals surface area (Å²) in [6.07, 6.45) is 11.7. The molecule has 1 amide bonds. The predicted molar refractivity (Wildman–Crippen MR) is 410 cm³/mol. The van der Waals surface area contributed by atoms with Crippen LogP contribution in [0.4, 0.5) is 18.0 Å². The van der Waals surface area contributed by atoms with Crippen molar-refractivity contribution in [2.24, 2.45) is 15.5 Å². The van der Waals surface area contributed by atoms with Gasteiger partial charge in [0.25, 0.3) is 35.5 Å². The maximum Gasteiger partial charge on any atom is 0.409 e. The molecule has 1 saturated heterocycles. The lowest BCUT2D eigenvalue weighted by atomic mass is 9.91. The molecule has 12 rings (SSSR count). The van der Waals surface area contributed by atoms with E-state index in [9.17, 15) is 18.0 Å². The number of hydrogen-bond acceptors (Lipinski definition) is 26. The zero-order chi connectivity index (χ0) is 79.6. The number of cyclic esters (lactones) is 1. The van der Waals surface area contributed by atoms with Crippen molar-refractivity contribution in [1.29, 1.82) is 0 Å². The molecule has 0 aliphatic carbocycles. The topological polar surface area (TPSA) is 306 Å². The standard InChI is InChI=1S/2C27H29FN4O5.C27H30FN3O6/c1-15-11-18(13-21(24(15)33-4)26(28)31-35-6)20(9-7-8-10-23-30-29-17(3)36-23)19-12-16(2)25-22(14-19)27(34-5)32-37-25;1-15-11-18(13-21(24(15)33-4)26(28)31-35-6)20(9-7-8-10-23-29-17(3)30-36-23)19-12-16(2)25-22(14-19)27(34-5)32-37-25;1-16-12-18(14-21(23(16)33-3)25(28)29-35-5)20(8-6-7-9-31-10-11-36-27(31)32)19-13-17(2)24-22(15-19)26(34-4)30-37-24/h2*9,11-14H,7-8,10H2,1-6H3;8,12-15H,6-7,9-11H2,1-5H3/b2*20-9+,31-26-;20-8+,29-25-. The van der Waals surface area contributed by atoms with Crippen LogP contribution in [0.1, 0.15) is 145 Å². The molecule has 111 heavy (non-hydrogen) atoms. The molecule has 0 N–H and O–H groups in total. The van der Waals surface area contributed by atoms with Crippen LogP contribution in [0.15, 0.2) is 129 Å². The van der Waals surface area contributed by atoms with Gasteiger partial charge in [-0.2, -0.15) is 18.2 Å². The number of fused-ring (bicyclic) bond motifs is 3. The van der Waals surface area contributed by atoms with Crippen LogP contribution in [-0.4, -0.2) is 148 Å². The molecule has 0 atom stereocenters. The Labute approximate surface area is 638 Å². The highest BCUT2D eigenvalue weighted by atomic mass is 19.1. The van der Waals surface area contributed by atoms with Gasteiger partial charge in [0, 0.05) is 26.3 Å². The first-order valence-corrected chi connectivity index (χ1v) is 35.4. The summed E-state index contributed by atoms with van der Waals surface area (Å²) in [4.78, 5) is 31.8. The summed E-state index contributed by atoms with van der Waals surface area (Å²) >= 11 is 0. The molecule has 1 aliphatic heterocycles. The molecule has 0 spiro atoms. The summed E-state index contributed by atoms with van der Waals surface area (Å²) in [6, 6.07) is 22.9. The van der Waals surface area contributed by atoms with Gasteiger partial charge < -0.3 is 75.1 Å². The van der Waals surface area contributed by atoms with Crippen LogP contribution in [0.25, 0.3) is 49.6 Å². The van der Waals surface area contributed by atoms with Gasteiger partial charge in [-0.1, -0.05) is 38.9 Å². The molecule has 11 aromatic rings. The molecule has 30 heteroatoms. The number of hydrogen-bond donors (Lipinski definition) is 0. The third-order valence-corrected chi connectivity index (χ3v) is 18.1. The molecule has 0 saturated carbocycles. The Bertz CT molecular complexity index is 5120. The zero-order valence-corrected chi connectivity index (χ0v) is 65.0. The number of benzene rings is 6. The second kappa shape index (κ2) is 37.5. The molecule has 6 aromatic carbocycles. The predicted octanol–water partition coefficient (Wildman–Crippen LogP) is 17.2. The van der Waals surface area contributed by atoms with E-state index in [0.29, 0.717) is 127 Å².